The number of quaternary nitrogens is 1. The number of nitrogens with one attached hydrogen (secondary N) is 2. The Labute approximate surface area is 168 Å². The first-order valence-corrected chi connectivity index (χ1v) is 9.88. The van der Waals surface area contributed by atoms with Crippen LogP contribution in [0.2, 0.25) is 4.34 Å². The van der Waals surface area contributed by atoms with Gasteiger partial charge < -0.3 is 19.9 Å². The van der Waals surface area contributed by atoms with E-state index in [-0.39, 0.29) is 24.9 Å². The Balaban J connectivity index is 1.84. The molecule has 1 aromatic carbocycles. The van der Waals surface area contributed by atoms with Gasteiger partial charge in [-0.3, -0.25) is 9.59 Å². The molecule has 6 nitrogen and oxygen atoms in total. The van der Waals surface area contributed by atoms with Gasteiger partial charge in [0, 0.05) is 23.2 Å². The zero-order valence-corrected chi connectivity index (χ0v) is 17.3. The number of likely N-dealkylation sites (N-methyl/N-ethyl adjacent to an activating group) is 2. The van der Waals surface area contributed by atoms with Gasteiger partial charge in [-0.1, -0.05) is 17.7 Å². The molecular formula is C19H25ClN3O3S+. The monoisotopic (exact) mass is 410 g/mol. The number of rotatable bonds is 9. The van der Waals surface area contributed by atoms with Crippen LogP contribution in [0.5, 0.6) is 5.75 Å². The Morgan fingerprint density at radius 2 is 2.04 bits per heavy atom. The number of benzene rings is 1. The van der Waals surface area contributed by atoms with Crippen molar-refractivity contribution in [2.45, 2.75) is 13.5 Å². The molecule has 2 rings (SSSR count). The summed E-state index contributed by atoms with van der Waals surface area (Å²) in [5, 5.41) is 2.83. The first kappa shape index (κ1) is 21.2. The molecular weight excluding hydrogens is 386 g/mol. The van der Waals surface area contributed by atoms with Crippen molar-refractivity contribution >= 4 is 40.4 Å². The molecule has 146 valence electrons. The molecule has 0 bridgehead atoms. The highest BCUT2D eigenvalue weighted by Crippen LogP contribution is 2.22. The predicted molar refractivity (Wildman–Crippen MR) is 109 cm³/mol. The van der Waals surface area contributed by atoms with Gasteiger partial charge in [-0.2, -0.15) is 0 Å². The maximum absolute atomic E-state index is 12.5. The summed E-state index contributed by atoms with van der Waals surface area (Å²) in [4.78, 5) is 28.4. The second kappa shape index (κ2) is 10.3. The number of thiophene rings is 1. The van der Waals surface area contributed by atoms with Crippen molar-refractivity contribution in [2.24, 2.45) is 0 Å². The molecule has 0 aliphatic rings. The highest BCUT2D eigenvalue weighted by atomic mass is 35.5. The average molecular weight is 411 g/mol. The molecule has 1 unspecified atom stereocenters. The summed E-state index contributed by atoms with van der Waals surface area (Å²) >= 11 is 7.43. The van der Waals surface area contributed by atoms with Gasteiger partial charge in [0.1, 0.15) is 5.75 Å². The Hall–Kier alpha value is -2.09. The van der Waals surface area contributed by atoms with Gasteiger partial charge in [0.15, 0.2) is 13.1 Å². The lowest BCUT2D eigenvalue weighted by atomic mass is 10.3. The molecule has 0 aliphatic heterocycles. The third kappa shape index (κ3) is 6.86. The molecule has 0 aliphatic carbocycles. The van der Waals surface area contributed by atoms with Crippen LogP contribution < -0.4 is 15.0 Å². The van der Waals surface area contributed by atoms with E-state index in [0.29, 0.717) is 28.9 Å². The minimum atomic E-state index is -0.151. The van der Waals surface area contributed by atoms with Crippen LogP contribution in [0, 0.1) is 0 Å². The Bertz CT molecular complexity index is 781. The lowest BCUT2D eigenvalue weighted by molar-refractivity contribution is -0.862. The van der Waals surface area contributed by atoms with Crippen LogP contribution in [0.4, 0.5) is 5.69 Å². The lowest BCUT2D eigenvalue weighted by Crippen LogP contribution is -3.11. The Morgan fingerprint density at radius 3 is 2.67 bits per heavy atom. The average Bonchev–Trinajstić information content (AvgIpc) is 3.04. The molecule has 1 atom stereocenters. The molecule has 1 heterocycles. The molecule has 0 fully saturated rings. The second-order valence-corrected chi connectivity index (χ2v) is 8.00. The van der Waals surface area contributed by atoms with Crippen molar-refractivity contribution < 1.29 is 19.2 Å². The van der Waals surface area contributed by atoms with Crippen LogP contribution in [-0.4, -0.2) is 50.5 Å². The van der Waals surface area contributed by atoms with Gasteiger partial charge in [-0.05, 0) is 31.2 Å². The largest absolute Gasteiger partial charge is 0.497 e. The van der Waals surface area contributed by atoms with E-state index in [9.17, 15) is 9.59 Å². The first-order chi connectivity index (χ1) is 12.9. The third-order valence-electron chi connectivity index (χ3n) is 3.98. The van der Waals surface area contributed by atoms with E-state index in [4.69, 9.17) is 16.3 Å². The number of ether oxygens (including phenoxy) is 1. The minimum Gasteiger partial charge on any atom is -0.497 e. The van der Waals surface area contributed by atoms with Crippen LogP contribution >= 0.6 is 22.9 Å². The summed E-state index contributed by atoms with van der Waals surface area (Å²) in [5.74, 6) is 0.534. The smallest absolute Gasteiger partial charge is 0.279 e. The number of nitrogens with zero attached hydrogens (tertiary/aromatic N) is 1. The molecule has 1 aromatic heterocycles. The standard InChI is InChI=1S/C19H24ClN3O3S/c1-4-23(11-16-8-9-17(20)27-16)19(25)13-22(2)12-18(24)21-14-6-5-7-15(10-14)26-3/h5-10H,4,11-13H2,1-3H3,(H,21,24)/p+1. The zero-order valence-electron chi connectivity index (χ0n) is 15.8. The van der Waals surface area contributed by atoms with Crippen LogP contribution in [-0.2, 0) is 16.1 Å². The number of methoxy groups -OCH3 is 1. The number of amides is 2. The van der Waals surface area contributed by atoms with E-state index < -0.39 is 0 Å². The maximum Gasteiger partial charge on any atom is 0.279 e. The molecule has 27 heavy (non-hydrogen) atoms. The predicted octanol–water partition coefficient (Wildman–Crippen LogP) is 1.91. The van der Waals surface area contributed by atoms with Crippen molar-refractivity contribution in [1.29, 1.82) is 0 Å². The highest BCUT2D eigenvalue weighted by molar-refractivity contribution is 7.16. The van der Waals surface area contributed by atoms with E-state index >= 15 is 0 Å². The summed E-state index contributed by atoms with van der Waals surface area (Å²) in [6.45, 7) is 3.54. The lowest BCUT2D eigenvalue weighted by Gasteiger charge is -2.22. The summed E-state index contributed by atoms with van der Waals surface area (Å²) in [7, 11) is 3.41. The van der Waals surface area contributed by atoms with Gasteiger partial charge in [0.2, 0.25) is 0 Å². The van der Waals surface area contributed by atoms with E-state index in [1.54, 1.807) is 24.1 Å². The van der Waals surface area contributed by atoms with Crippen LogP contribution in [0.25, 0.3) is 0 Å². The molecule has 2 N–H and O–H groups in total. The Kier molecular flexibility index (Phi) is 8.09. The van der Waals surface area contributed by atoms with Crippen molar-refractivity contribution in [1.82, 2.24) is 4.90 Å². The summed E-state index contributed by atoms with van der Waals surface area (Å²) < 4.78 is 5.86. The number of anilines is 1. The molecule has 2 aromatic rings. The molecule has 2 amide bonds. The summed E-state index contributed by atoms with van der Waals surface area (Å²) in [6, 6.07) is 10.9. The molecule has 0 saturated heterocycles. The highest BCUT2D eigenvalue weighted by Gasteiger charge is 2.19. The van der Waals surface area contributed by atoms with Crippen LogP contribution in [0.15, 0.2) is 36.4 Å². The maximum atomic E-state index is 12.5. The van der Waals surface area contributed by atoms with Gasteiger partial charge in [0.05, 0.1) is 25.0 Å². The Morgan fingerprint density at radius 1 is 1.26 bits per heavy atom. The van der Waals surface area contributed by atoms with Crippen molar-refractivity contribution in [3.63, 3.8) is 0 Å². The van der Waals surface area contributed by atoms with Crippen molar-refractivity contribution in [3.8, 4) is 5.75 Å². The summed E-state index contributed by atoms with van der Waals surface area (Å²) in [6.07, 6.45) is 0. The fourth-order valence-corrected chi connectivity index (χ4v) is 3.72. The number of halogens is 1. The summed E-state index contributed by atoms with van der Waals surface area (Å²) in [5.41, 5.74) is 0.670. The van der Waals surface area contributed by atoms with Gasteiger partial charge in [-0.15, -0.1) is 11.3 Å². The van der Waals surface area contributed by atoms with E-state index in [2.05, 4.69) is 5.32 Å². The van der Waals surface area contributed by atoms with Crippen molar-refractivity contribution in [3.05, 3.63) is 45.6 Å². The number of hydrogen-bond acceptors (Lipinski definition) is 4. The minimum absolute atomic E-state index is 0.00806. The van der Waals surface area contributed by atoms with Gasteiger partial charge in [-0.25, -0.2) is 0 Å². The molecule has 8 heteroatoms. The second-order valence-electron chi connectivity index (χ2n) is 6.20. The molecule has 0 radical (unpaired) electrons. The quantitative estimate of drug-likeness (QED) is 0.663. The van der Waals surface area contributed by atoms with Crippen molar-refractivity contribution in [2.75, 3.05) is 39.1 Å². The topological polar surface area (TPSA) is 63.1 Å². The normalized spacial score (nSPS) is 11.7. The van der Waals surface area contributed by atoms with E-state index in [0.717, 1.165) is 9.78 Å². The fourth-order valence-electron chi connectivity index (χ4n) is 2.61. The number of carbonyl (C=O) groups is 2. The van der Waals surface area contributed by atoms with E-state index in [1.165, 1.54) is 11.3 Å². The first-order valence-electron chi connectivity index (χ1n) is 8.68. The fraction of sp³-hybridized carbons (Fsp3) is 0.368. The van der Waals surface area contributed by atoms with Gasteiger partial charge in [0.25, 0.3) is 11.8 Å². The molecule has 0 spiro atoms. The van der Waals surface area contributed by atoms with E-state index in [1.807, 2.05) is 38.2 Å². The number of carbonyl (C=O) groups excluding carboxylic acids is 2. The van der Waals surface area contributed by atoms with Crippen LogP contribution in [0.1, 0.15) is 11.8 Å². The van der Waals surface area contributed by atoms with Gasteiger partial charge >= 0.3 is 0 Å². The third-order valence-corrected chi connectivity index (χ3v) is 5.19. The van der Waals surface area contributed by atoms with Crippen LogP contribution in [0.3, 0.4) is 0 Å². The molecule has 0 saturated carbocycles. The SMILES string of the molecule is CCN(Cc1ccc(Cl)s1)C(=O)C[NH+](C)CC(=O)Nc1cccc(OC)c1. The number of hydrogen-bond donors (Lipinski definition) is 2. The zero-order chi connectivity index (χ0) is 19.8.